The van der Waals surface area contributed by atoms with Crippen LogP contribution in [0.2, 0.25) is 0 Å². The number of carbonyl (C=O) groups excluding carboxylic acids is 2. The molecule has 0 bridgehead atoms. The van der Waals surface area contributed by atoms with E-state index in [0.717, 1.165) is 22.3 Å². The first-order valence-electron chi connectivity index (χ1n) is 11.0. The number of benzene rings is 2. The van der Waals surface area contributed by atoms with Crippen LogP contribution in [0.25, 0.3) is 11.1 Å². The van der Waals surface area contributed by atoms with E-state index in [1.807, 2.05) is 24.3 Å². The number of aromatic carboxylic acids is 1. The van der Waals surface area contributed by atoms with Gasteiger partial charge in [0.15, 0.2) is 0 Å². The van der Waals surface area contributed by atoms with E-state index in [1.54, 1.807) is 6.92 Å². The number of nitrogens with zero attached hydrogens (tertiary/aromatic N) is 2. The number of rotatable bonds is 8. The third-order valence-electron chi connectivity index (χ3n) is 5.82. The fourth-order valence-corrected chi connectivity index (χ4v) is 4.24. The maximum absolute atomic E-state index is 12.4. The Balaban J connectivity index is 1.25. The van der Waals surface area contributed by atoms with Crippen molar-refractivity contribution < 1.29 is 24.2 Å². The lowest BCUT2D eigenvalue weighted by Crippen LogP contribution is -2.38. The molecule has 2 amide bonds. The monoisotopic (exact) mass is 462 g/mol. The van der Waals surface area contributed by atoms with Gasteiger partial charge in [0.25, 0.3) is 0 Å². The van der Waals surface area contributed by atoms with Crippen LogP contribution in [0.4, 0.5) is 4.79 Å². The second-order valence-electron chi connectivity index (χ2n) is 8.30. The fraction of sp³-hybridized carbons (Fsp3) is 0.280. The highest BCUT2D eigenvalue weighted by molar-refractivity contribution is 5.85. The fourth-order valence-electron chi connectivity index (χ4n) is 4.24. The SMILES string of the molecule is CC(CC(=O)NCc1cc(C(=O)O)n(C)n1)NC(=O)OCC1c2ccccc2-c2ccccc21. The first-order chi connectivity index (χ1) is 16.3. The molecule has 176 valence electrons. The van der Waals surface area contributed by atoms with Crippen molar-refractivity contribution in [2.24, 2.45) is 7.05 Å². The Bertz CT molecular complexity index is 1190. The Morgan fingerprint density at radius 2 is 1.71 bits per heavy atom. The first kappa shape index (κ1) is 23.0. The molecule has 3 aromatic rings. The van der Waals surface area contributed by atoms with E-state index in [-0.39, 0.29) is 37.1 Å². The molecule has 1 aliphatic rings. The molecule has 4 rings (SSSR count). The molecule has 0 radical (unpaired) electrons. The van der Waals surface area contributed by atoms with Crippen molar-refractivity contribution in [3.63, 3.8) is 0 Å². The molecular weight excluding hydrogens is 436 g/mol. The predicted molar refractivity (Wildman–Crippen MR) is 124 cm³/mol. The van der Waals surface area contributed by atoms with E-state index in [0.29, 0.717) is 5.69 Å². The van der Waals surface area contributed by atoms with Crippen molar-refractivity contribution in [3.05, 3.63) is 77.1 Å². The maximum atomic E-state index is 12.4. The molecule has 0 aliphatic heterocycles. The standard InChI is InChI=1S/C25H26N4O5/c1-15(11-23(30)26-13-16-12-22(24(31)32)29(2)28-16)27-25(33)34-14-21-19-9-5-3-7-17(19)18-8-4-6-10-20(18)21/h3-10,12,15,21H,11,13-14H2,1-2H3,(H,26,30)(H,27,33)(H,31,32). The van der Waals surface area contributed by atoms with Crippen LogP contribution in [-0.4, -0.2) is 45.5 Å². The summed E-state index contributed by atoms with van der Waals surface area (Å²) < 4.78 is 6.75. The molecule has 0 spiro atoms. The molecule has 1 unspecified atom stereocenters. The average Bonchev–Trinajstić information content (AvgIpc) is 3.34. The minimum Gasteiger partial charge on any atom is -0.477 e. The van der Waals surface area contributed by atoms with Crippen molar-refractivity contribution in [3.8, 4) is 11.1 Å². The van der Waals surface area contributed by atoms with E-state index in [2.05, 4.69) is 40.0 Å². The number of carboxylic acids is 1. The molecule has 0 saturated heterocycles. The predicted octanol–water partition coefficient (Wildman–Crippen LogP) is 3.05. The molecule has 9 heteroatoms. The van der Waals surface area contributed by atoms with Crippen LogP contribution in [0.15, 0.2) is 54.6 Å². The number of aromatic nitrogens is 2. The lowest BCUT2D eigenvalue weighted by atomic mass is 9.98. The number of ether oxygens (including phenoxy) is 1. The highest BCUT2D eigenvalue weighted by atomic mass is 16.5. The lowest BCUT2D eigenvalue weighted by molar-refractivity contribution is -0.121. The molecule has 1 aromatic heterocycles. The number of carbonyl (C=O) groups is 3. The largest absolute Gasteiger partial charge is 0.477 e. The third-order valence-corrected chi connectivity index (χ3v) is 5.82. The van der Waals surface area contributed by atoms with Gasteiger partial charge in [0.1, 0.15) is 12.3 Å². The summed E-state index contributed by atoms with van der Waals surface area (Å²) in [5.74, 6) is -1.42. The van der Waals surface area contributed by atoms with E-state index in [1.165, 1.54) is 17.8 Å². The van der Waals surface area contributed by atoms with Crippen LogP contribution in [0.3, 0.4) is 0 Å². The number of hydrogen-bond donors (Lipinski definition) is 3. The molecule has 2 aromatic carbocycles. The van der Waals surface area contributed by atoms with Crippen LogP contribution >= 0.6 is 0 Å². The summed E-state index contributed by atoms with van der Waals surface area (Å²) in [6.45, 7) is 2.01. The summed E-state index contributed by atoms with van der Waals surface area (Å²) in [6.07, 6.45) is -0.541. The molecule has 1 heterocycles. The van der Waals surface area contributed by atoms with Gasteiger partial charge in [0, 0.05) is 25.4 Å². The number of amides is 2. The van der Waals surface area contributed by atoms with Crippen LogP contribution in [0.5, 0.6) is 0 Å². The zero-order chi connectivity index (χ0) is 24.2. The molecule has 1 aliphatic carbocycles. The van der Waals surface area contributed by atoms with Gasteiger partial charge in [0.2, 0.25) is 5.91 Å². The Morgan fingerprint density at radius 3 is 2.29 bits per heavy atom. The molecule has 0 fully saturated rings. The van der Waals surface area contributed by atoms with Gasteiger partial charge in [-0.15, -0.1) is 0 Å². The third kappa shape index (κ3) is 4.93. The van der Waals surface area contributed by atoms with Gasteiger partial charge in [-0.2, -0.15) is 5.10 Å². The number of hydrogen-bond acceptors (Lipinski definition) is 5. The highest BCUT2D eigenvalue weighted by Crippen LogP contribution is 2.44. The maximum Gasteiger partial charge on any atom is 0.407 e. The normalized spacial score (nSPS) is 13.0. The summed E-state index contributed by atoms with van der Waals surface area (Å²) >= 11 is 0. The summed E-state index contributed by atoms with van der Waals surface area (Å²) in [6, 6.07) is 17.1. The number of carboxylic acid groups (broad SMARTS) is 1. The number of nitrogens with one attached hydrogen (secondary N) is 2. The van der Waals surface area contributed by atoms with Crippen molar-refractivity contribution in [1.29, 1.82) is 0 Å². The highest BCUT2D eigenvalue weighted by Gasteiger charge is 2.29. The van der Waals surface area contributed by atoms with Gasteiger partial charge in [0.05, 0.1) is 12.2 Å². The number of aryl methyl sites for hydroxylation is 1. The van der Waals surface area contributed by atoms with Crippen molar-refractivity contribution >= 4 is 18.0 Å². The molecule has 9 nitrogen and oxygen atoms in total. The van der Waals surface area contributed by atoms with Gasteiger partial charge < -0.3 is 20.5 Å². The van der Waals surface area contributed by atoms with Gasteiger partial charge in [-0.3, -0.25) is 9.48 Å². The van der Waals surface area contributed by atoms with Gasteiger partial charge in [-0.05, 0) is 35.2 Å². The molecular formula is C25H26N4O5. The molecule has 1 atom stereocenters. The van der Waals surface area contributed by atoms with E-state index >= 15 is 0 Å². The van der Waals surface area contributed by atoms with Crippen LogP contribution < -0.4 is 10.6 Å². The second kappa shape index (κ2) is 9.78. The summed E-state index contributed by atoms with van der Waals surface area (Å²) in [7, 11) is 1.52. The average molecular weight is 463 g/mol. The Hall–Kier alpha value is -4.14. The Morgan fingerprint density at radius 1 is 1.09 bits per heavy atom. The van der Waals surface area contributed by atoms with Gasteiger partial charge in [-0.25, -0.2) is 9.59 Å². The van der Waals surface area contributed by atoms with Crippen molar-refractivity contribution in [2.45, 2.75) is 31.8 Å². The first-order valence-corrected chi connectivity index (χ1v) is 11.0. The Labute approximate surface area is 196 Å². The van der Waals surface area contributed by atoms with Gasteiger partial charge >= 0.3 is 12.1 Å². The van der Waals surface area contributed by atoms with Gasteiger partial charge in [-0.1, -0.05) is 48.5 Å². The second-order valence-corrected chi connectivity index (χ2v) is 8.30. The van der Waals surface area contributed by atoms with E-state index in [9.17, 15) is 14.4 Å². The van der Waals surface area contributed by atoms with Crippen LogP contribution in [-0.2, 0) is 23.1 Å². The minimum absolute atomic E-state index is 0.0363. The van der Waals surface area contributed by atoms with Crippen molar-refractivity contribution in [1.82, 2.24) is 20.4 Å². The van der Waals surface area contributed by atoms with Crippen LogP contribution in [0.1, 0.15) is 46.6 Å². The number of fused-ring (bicyclic) bond motifs is 3. The molecule has 34 heavy (non-hydrogen) atoms. The molecule has 0 saturated carbocycles. The summed E-state index contributed by atoms with van der Waals surface area (Å²) in [4.78, 5) is 35.7. The van der Waals surface area contributed by atoms with E-state index < -0.39 is 18.1 Å². The molecule has 3 N–H and O–H groups in total. The van der Waals surface area contributed by atoms with Crippen LogP contribution in [0, 0.1) is 0 Å². The summed E-state index contributed by atoms with van der Waals surface area (Å²) in [5, 5.41) is 18.5. The number of alkyl carbamates (subject to hydrolysis) is 1. The summed E-state index contributed by atoms with van der Waals surface area (Å²) in [5.41, 5.74) is 5.04. The zero-order valence-corrected chi connectivity index (χ0v) is 18.9. The quantitative estimate of drug-likeness (QED) is 0.473. The van der Waals surface area contributed by atoms with E-state index in [4.69, 9.17) is 9.84 Å². The lowest BCUT2D eigenvalue weighted by Gasteiger charge is -2.17. The smallest absolute Gasteiger partial charge is 0.407 e. The Kier molecular flexibility index (Phi) is 6.62. The topological polar surface area (TPSA) is 123 Å². The van der Waals surface area contributed by atoms with Crippen molar-refractivity contribution in [2.75, 3.05) is 6.61 Å². The minimum atomic E-state index is -1.09. The zero-order valence-electron chi connectivity index (χ0n) is 18.9.